The molecule has 1 rings (SSSR count). The van der Waals surface area contributed by atoms with Crippen molar-refractivity contribution in [1.29, 1.82) is 0 Å². The van der Waals surface area contributed by atoms with E-state index in [-0.39, 0.29) is 22.7 Å². The minimum Gasteiger partial charge on any atom is -0.480 e. The third-order valence-corrected chi connectivity index (χ3v) is 1.52. The van der Waals surface area contributed by atoms with Gasteiger partial charge in [-0.2, -0.15) is 9.97 Å². The van der Waals surface area contributed by atoms with Crippen molar-refractivity contribution in [3.05, 3.63) is 5.02 Å². The van der Waals surface area contributed by atoms with Gasteiger partial charge in [-0.05, 0) is 0 Å². The average Bonchev–Trinajstić information content (AvgIpc) is 2.08. The highest BCUT2D eigenvalue weighted by Crippen LogP contribution is 2.30. The van der Waals surface area contributed by atoms with Crippen LogP contribution in [0.3, 0.4) is 0 Å². The van der Waals surface area contributed by atoms with E-state index in [0.29, 0.717) is 0 Å². The highest BCUT2D eigenvalue weighted by molar-refractivity contribution is 6.33. The van der Waals surface area contributed by atoms with E-state index >= 15 is 0 Å². The zero-order valence-corrected chi connectivity index (χ0v) is 7.42. The maximum absolute atomic E-state index is 5.75. The van der Waals surface area contributed by atoms with Crippen LogP contribution in [-0.2, 0) is 0 Å². The topological polar surface area (TPSA) is 70.3 Å². The summed E-state index contributed by atoms with van der Waals surface area (Å²) >= 11 is 5.75. The number of hydrogen-bond acceptors (Lipinski definition) is 5. The average molecular weight is 190 g/mol. The van der Waals surface area contributed by atoms with Crippen LogP contribution in [0.4, 0.5) is 5.95 Å². The Morgan fingerprint density at radius 3 is 1.92 bits per heavy atom. The van der Waals surface area contributed by atoms with Crippen LogP contribution < -0.4 is 15.2 Å². The van der Waals surface area contributed by atoms with E-state index in [9.17, 15) is 0 Å². The maximum Gasteiger partial charge on any atom is 0.241 e. The molecule has 1 heterocycles. The second kappa shape index (κ2) is 3.44. The van der Waals surface area contributed by atoms with Gasteiger partial charge in [0.2, 0.25) is 17.7 Å². The first-order valence-corrected chi connectivity index (χ1v) is 3.47. The van der Waals surface area contributed by atoms with Crippen molar-refractivity contribution in [1.82, 2.24) is 9.97 Å². The van der Waals surface area contributed by atoms with Crippen LogP contribution in [0.2, 0.25) is 5.02 Å². The fourth-order valence-corrected chi connectivity index (χ4v) is 0.932. The third kappa shape index (κ3) is 1.50. The fraction of sp³-hybridized carbons (Fsp3) is 0.333. The number of nitrogens with zero attached hydrogens (tertiary/aromatic N) is 2. The van der Waals surface area contributed by atoms with Crippen LogP contribution >= 0.6 is 11.6 Å². The number of ether oxygens (including phenoxy) is 2. The third-order valence-electron chi connectivity index (χ3n) is 1.19. The monoisotopic (exact) mass is 189 g/mol. The molecule has 0 amide bonds. The predicted octanol–water partition coefficient (Wildman–Crippen LogP) is 0.729. The number of nitrogens with two attached hydrogens (primary N) is 1. The first-order valence-electron chi connectivity index (χ1n) is 3.10. The van der Waals surface area contributed by atoms with Crippen molar-refractivity contribution in [2.45, 2.75) is 0 Å². The molecule has 0 spiro atoms. The normalized spacial score (nSPS) is 9.58. The Labute approximate surface area is 74.5 Å². The quantitative estimate of drug-likeness (QED) is 0.743. The van der Waals surface area contributed by atoms with Crippen molar-refractivity contribution >= 4 is 17.5 Å². The van der Waals surface area contributed by atoms with Gasteiger partial charge in [-0.25, -0.2) is 0 Å². The second-order valence-corrected chi connectivity index (χ2v) is 2.29. The number of aromatic nitrogens is 2. The lowest BCUT2D eigenvalue weighted by atomic mass is 10.6. The number of rotatable bonds is 2. The summed E-state index contributed by atoms with van der Waals surface area (Å²) in [4.78, 5) is 7.46. The minimum atomic E-state index is 0.0631. The molecule has 6 heteroatoms. The lowest BCUT2D eigenvalue weighted by Gasteiger charge is -2.05. The van der Waals surface area contributed by atoms with Crippen molar-refractivity contribution in [2.24, 2.45) is 0 Å². The molecular weight excluding hydrogens is 182 g/mol. The number of hydrogen-bond donors (Lipinski definition) is 1. The Bertz CT molecular complexity index is 267. The summed E-state index contributed by atoms with van der Waals surface area (Å²) in [7, 11) is 2.88. The van der Waals surface area contributed by atoms with E-state index in [1.165, 1.54) is 14.2 Å². The van der Waals surface area contributed by atoms with Crippen molar-refractivity contribution in [3.63, 3.8) is 0 Å². The van der Waals surface area contributed by atoms with Gasteiger partial charge < -0.3 is 15.2 Å². The van der Waals surface area contributed by atoms with Gasteiger partial charge in [0.1, 0.15) is 0 Å². The van der Waals surface area contributed by atoms with Gasteiger partial charge in [-0.15, -0.1) is 0 Å². The Morgan fingerprint density at radius 2 is 1.58 bits per heavy atom. The first kappa shape index (κ1) is 8.86. The summed E-state index contributed by atoms with van der Waals surface area (Å²) in [5.74, 6) is 0.482. The summed E-state index contributed by atoms with van der Waals surface area (Å²) < 4.78 is 9.65. The molecule has 0 bridgehead atoms. The molecule has 0 radical (unpaired) electrons. The van der Waals surface area contributed by atoms with E-state index in [2.05, 4.69) is 9.97 Å². The maximum atomic E-state index is 5.75. The van der Waals surface area contributed by atoms with Crippen LogP contribution in [0, 0.1) is 0 Å². The lowest BCUT2D eigenvalue weighted by molar-refractivity contribution is 0.373. The van der Waals surface area contributed by atoms with Crippen LogP contribution in [0.25, 0.3) is 0 Å². The first-order chi connectivity index (χ1) is 5.69. The van der Waals surface area contributed by atoms with E-state index in [1.54, 1.807) is 0 Å². The van der Waals surface area contributed by atoms with Gasteiger partial charge in [0.25, 0.3) is 0 Å². The van der Waals surface area contributed by atoms with E-state index in [4.69, 9.17) is 26.8 Å². The van der Waals surface area contributed by atoms with Crippen molar-refractivity contribution < 1.29 is 9.47 Å². The molecule has 1 aromatic heterocycles. The number of nitrogen functional groups attached to an aromatic ring is 1. The summed E-state index contributed by atoms with van der Waals surface area (Å²) in [6.45, 7) is 0. The Balaban J connectivity index is 3.22. The molecule has 0 saturated carbocycles. The van der Waals surface area contributed by atoms with Gasteiger partial charge in [0.15, 0.2) is 5.02 Å². The fourth-order valence-electron chi connectivity index (χ4n) is 0.693. The second-order valence-electron chi connectivity index (χ2n) is 1.91. The number of methoxy groups -OCH3 is 2. The smallest absolute Gasteiger partial charge is 0.241 e. The van der Waals surface area contributed by atoms with Crippen LogP contribution in [0.15, 0.2) is 0 Å². The number of halogens is 1. The molecule has 0 aromatic carbocycles. The zero-order valence-electron chi connectivity index (χ0n) is 6.67. The molecular formula is C6H8ClN3O2. The van der Waals surface area contributed by atoms with Gasteiger partial charge >= 0.3 is 0 Å². The summed E-state index contributed by atoms with van der Waals surface area (Å²) in [6, 6.07) is 0. The Hall–Kier alpha value is -1.23. The molecule has 0 atom stereocenters. The SMILES string of the molecule is COc1nc(N)nc(OC)c1Cl. The Morgan fingerprint density at radius 1 is 1.17 bits per heavy atom. The molecule has 0 aliphatic rings. The van der Waals surface area contributed by atoms with Gasteiger partial charge in [-0.3, -0.25) is 0 Å². The van der Waals surface area contributed by atoms with Crippen molar-refractivity contribution in [2.75, 3.05) is 20.0 Å². The summed E-state index contributed by atoms with van der Waals surface area (Å²) in [5, 5.41) is 0.217. The molecule has 66 valence electrons. The summed E-state index contributed by atoms with van der Waals surface area (Å²) in [6.07, 6.45) is 0. The van der Waals surface area contributed by atoms with Gasteiger partial charge in [-0.1, -0.05) is 11.6 Å². The zero-order chi connectivity index (χ0) is 9.14. The van der Waals surface area contributed by atoms with Gasteiger partial charge in [0.05, 0.1) is 14.2 Å². The summed E-state index contributed by atoms with van der Waals surface area (Å²) in [5.41, 5.74) is 5.34. The van der Waals surface area contributed by atoms with Crippen LogP contribution in [0.5, 0.6) is 11.8 Å². The minimum absolute atomic E-state index is 0.0631. The molecule has 0 fully saturated rings. The van der Waals surface area contributed by atoms with Crippen LogP contribution in [0.1, 0.15) is 0 Å². The molecule has 0 aliphatic carbocycles. The highest BCUT2D eigenvalue weighted by Gasteiger charge is 2.11. The standard InChI is InChI=1S/C6H8ClN3O2/c1-11-4-3(7)5(12-2)10-6(8)9-4/h1-2H3,(H2,8,9,10). The van der Waals surface area contributed by atoms with E-state index in [1.807, 2.05) is 0 Å². The van der Waals surface area contributed by atoms with E-state index < -0.39 is 0 Å². The lowest BCUT2D eigenvalue weighted by Crippen LogP contribution is -2.01. The molecule has 0 unspecified atom stereocenters. The predicted molar refractivity (Wildman–Crippen MR) is 44.6 cm³/mol. The number of anilines is 1. The van der Waals surface area contributed by atoms with E-state index in [0.717, 1.165) is 0 Å². The van der Waals surface area contributed by atoms with Gasteiger partial charge in [0, 0.05) is 0 Å². The molecule has 12 heavy (non-hydrogen) atoms. The molecule has 5 nitrogen and oxygen atoms in total. The molecule has 0 aliphatic heterocycles. The molecule has 1 aromatic rings. The van der Waals surface area contributed by atoms with Crippen molar-refractivity contribution in [3.8, 4) is 11.8 Å². The molecule has 2 N–H and O–H groups in total. The molecule has 0 saturated heterocycles. The largest absolute Gasteiger partial charge is 0.480 e. The van der Waals surface area contributed by atoms with Crippen LogP contribution in [-0.4, -0.2) is 24.2 Å². The highest BCUT2D eigenvalue weighted by atomic mass is 35.5. The Kier molecular flexibility index (Phi) is 2.54.